The molecular formula is C11H20O3. The van der Waals surface area contributed by atoms with Gasteiger partial charge in [-0.2, -0.15) is 0 Å². The minimum atomic E-state index is 0.307. The molecule has 14 heavy (non-hydrogen) atoms. The minimum Gasteiger partial charge on any atom is -0.475 e. The Balaban J connectivity index is 2.97. The molecule has 82 valence electrons. The SMILES string of the molecule is CCCCCOCOC=CCCC=O. The lowest BCUT2D eigenvalue weighted by molar-refractivity contribution is -0.107. The minimum absolute atomic E-state index is 0.307. The van der Waals surface area contributed by atoms with Gasteiger partial charge in [0, 0.05) is 6.42 Å². The third-order valence-corrected chi connectivity index (χ3v) is 1.69. The molecule has 0 atom stereocenters. The molecule has 0 bridgehead atoms. The molecule has 0 aliphatic heterocycles. The Kier molecular flexibility index (Phi) is 11.4. The highest BCUT2D eigenvalue weighted by atomic mass is 16.7. The zero-order valence-electron chi connectivity index (χ0n) is 8.91. The summed E-state index contributed by atoms with van der Waals surface area (Å²) in [4.78, 5) is 9.94. The molecule has 0 fully saturated rings. The molecule has 0 radical (unpaired) electrons. The molecule has 0 aliphatic rings. The molecule has 0 aromatic rings. The summed E-state index contributed by atoms with van der Waals surface area (Å²) in [7, 11) is 0. The van der Waals surface area contributed by atoms with Crippen LogP contribution in [0.5, 0.6) is 0 Å². The maximum Gasteiger partial charge on any atom is 0.188 e. The van der Waals surface area contributed by atoms with Gasteiger partial charge in [0.25, 0.3) is 0 Å². The molecule has 0 saturated heterocycles. The second kappa shape index (κ2) is 12.2. The quantitative estimate of drug-likeness (QED) is 0.235. The van der Waals surface area contributed by atoms with Crippen LogP contribution < -0.4 is 0 Å². The van der Waals surface area contributed by atoms with Crippen molar-refractivity contribution in [3.05, 3.63) is 12.3 Å². The summed E-state index contributed by atoms with van der Waals surface area (Å²) in [5, 5.41) is 0. The summed E-state index contributed by atoms with van der Waals surface area (Å²) < 4.78 is 10.2. The van der Waals surface area contributed by atoms with E-state index in [0.29, 0.717) is 13.2 Å². The molecule has 0 rings (SSSR count). The van der Waals surface area contributed by atoms with Gasteiger partial charge in [-0.1, -0.05) is 19.8 Å². The standard InChI is InChI=1S/C11H20O3/c1-2-3-6-9-13-11-14-10-7-4-5-8-12/h7-8,10H,2-6,9,11H2,1H3. The van der Waals surface area contributed by atoms with Gasteiger partial charge in [0.1, 0.15) is 6.29 Å². The fourth-order valence-corrected chi connectivity index (χ4v) is 0.901. The predicted molar refractivity (Wildman–Crippen MR) is 55.9 cm³/mol. The lowest BCUT2D eigenvalue weighted by Gasteiger charge is -2.02. The van der Waals surface area contributed by atoms with Crippen molar-refractivity contribution >= 4 is 6.29 Å². The van der Waals surface area contributed by atoms with Crippen LogP contribution in [0.2, 0.25) is 0 Å². The number of ether oxygens (including phenoxy) is 2. The summed E-state index contributed by atoms with van der Waals surface area (Å²) in [6.07, 6.45) is 9.09. The second-order valence-corrected chi connectivity index (χ2v) is 3.02. The van der Waals surface area contributed by atoms with Crippen molar-refractivity contribution in [3.8, 4) is 0 Å². The van der Waals surface area contributed by atoms with Crippen LogP contribution in [0.25, 0.3) is 0 Å². The largest absolute Gasteiger partial charge is 0.475 e. The molecule has 0 aliphatic carbocycles. The third kappa shape index (κ3) is 11.2. The highest BCUT2D eigenvalue weighted by molar-refractivity contribution is 5.49. The van der Waals surface area contributed by atoms with Crippen LogP contribution in [0.3, 0.4) is 0 Å². The van der Waals surface area contributed by atoms with Crippen molar-refractivity contribution in [2.75, 3.05) is 13.4 Å². The normalized spacial score (nSPS) is 10.6. The fraction of sp³-hybridized carbons (Fsp3) is 0.727. The number of aldehydes is 1. The summed E-state index contributed by atoms with van der Waals surface area (Å²) in [5.74, 6) is 0. The first-order valence-corrected chi connectivity index (χ1v) is 5.19. The first-order chi connectivity index (χ1) is 6.91. The van der Waals surface area contributed by atoms with E-state index in [2.05, 4.69) is 6.92 Å². The van der Waals surface area contributed by atoms with Crippen LogP contribution in [0.1, 0.15) is 39.0 Å². The Labute approximate surface area is 86.1 Å². The summed E-state index contributed by atoms with van der Waals surface area (Å²) in [5.41, 5.74) is 0. The van der Waals surface area contributed by atoms with Crippen LogP contribution in [0.15, 0.2) is 12.3 Å². The zero-order valence-corrected chi connectivity index (χ0v) is 8.91. The van der Waals surface area contributed by atoms with E-state index in [9.17, 15) is 4.79 Å². The van der Waals surface area contributed by atoms with Gasteiger partial charge in [-0.25, -0.2) is 0 Å². The van der Waals surface area contributed by atoms with Gasteiger partial charge >= 0.3 is 0 Å². The predicted octanol–water partition coefficient (Wildman–Crippen LogP) is 2.66. The van der Waals surface area contributed by atoms with Gasteiger partial charge < -0.3 is 14.3 Å². The molecule has 0 N–H and O–H groups in total. The molecule has 3 nitrogen and oxygen atoms in total. The van der Waals surface area contributed by atoms with Crippen molar-refractivity contribution in [2.45, 2.75) is 39.0 Å². The Morgan fingerprint density at radius 3 is 2.79 bits per heavy atom. The maximum absolute atomic E-state index is 9.94. The number of hydrogen-bond donors (Lipinski definition) is 0. The Morgan fingerprint density at radius 1 is 1.21 bits per heavy atom. The van der Waals surface area contributed by atoms with Gasteiger partial charge in [0.2, 0.25) is 0 Å². The van der Waals surface area contributed by atoms with Crippen LogP contribution in [-0.4, -0.2) is 19.7 Å². The smallest absolute Gasteiger partial charge is 0.188 e. The topological polar surface area (TPSA) is 35.5 Å². The molecule has 0 unspecified atom stereocenters. The van der Waals surface area contributed by atoms with Gasteiger partial charge in [-0.15, -0.1) is 0 Å². The molecule has 0 spiro atoms. The van der Waals surface area contributed by atoms with Crippen LogP contribution >= 0.6 is 0 Å². The van der Waals surface area contributed by atoms with Gasteiger partial charge in [-0.05, 0) is 18.9 Å². The summed E-state index contributed by atoms with van der Waals surface area (Å²) in [6.45, 7) is 3.23. The van der Waals surface area contributed by atoms with E-state index in [1.807, 2.05) is 6.08 Å². The molecule has 0 saturated carbocycles. The Morgan fingerprint density at radius 2 is 2.07 bits per heavy atom. The van der Waals surface area contributed by atoms with Crippen molar-refractivity contribution < 1.29 is 14.3 Å². The number of hydrogen-bond acceptors (Lipinski definition) is 3. The average Bonchev–Trinajstić information content (AvgIpc) is 2.21. The van der Waals surface area contributed by atoms with Crippen molar-refractivity contribution in [1.29, 1.82) is 0 Å². The van der Waals surface area contributed by atoms with Gasteiger partial charge in [-0.3, -0.25) is 0 Å². The highest BCUT2D eigenvalue weighted by Gasteiger charge is 1.86. The van der Waals surface area contributed by atoms with E-state index >= 15 is 0 Å². The van der Waals surface area contributed by atoms with E-state index in [-0.39, 0.29) is 0 Å². The highest BCUT2D eigenvalue weighted by Crippen LogP contribution is 1.94. The molecule has 0 aromatic heterocycles. The molecule has 0 heterocycles. The average molecular weight is 200 g/mol. The number of carbonyl (C=O) groups is 1. The van der Waals surface area contributed by atoms with Crippen LogP contribution in [0.4, 0.5) is 0 Å². The molecule has 0 aromatic carbocycles. The van der Waals surface area contributed by atoms with Crippen molar-refractivity contribution in [1.82, 2.24) is 0 Å². The lowest BCUT2D eigenvalue weighted by Crippen LogP contribution is -1.97. The van der Waals surface area contributed by atoms with Crippen molar-refractivity contribution in [3.63, 3.8) is 0 Å². The zero-order chi connectivity index (χ0) is 10.5. The van der Waals surface area contributed by atoms with Gasteiger partial charge in [0.15, 0.2) is 6.79 Å². The first-order valence-electron chi connectivity index (χ1n) is 5.19. The van der Waals surface area contributed by atoms with Gasteiger partial charge in [0.05, 0.1) is 12.9 Å². The third-order valence-electron chi connectivity index (χ3n) is 1.69. The Bertz CT molecular complexity index is 143. The summed E-state index contributed by atoms with van der Waals surface area (Å²) in [6, 6.07) is 0. The number of allylic oxidation sites excluding steroid dienone is 1. The number of carbonyl (C=O) groups excluding carboxylic acids is 1. The van der Waals surface area contributed by atoms with Crippen LogP contribution in [0, 0.1) is 0 Å². The monoisotopic (exact) mass is 200 g/mol. The van der Waals surface area contributed by atoms with E-state index in [1.165, 1.54) is 12.8 Å². The second-order valence-electron chi connectivity index (χ2n) is 3.02. The number of unbranched alkanes of at least 4 members (excludes halogenated alkanes) is 3. The fourth-order valence-electron chi connectivity index (χ4n) is 0.901. The van der Waals surface area contributed by atoms with E-state index in [0.717, 1.165) is 25.7 Å². The van der Waals surface area contributed by atoms with E-state index < -0.39 is 0 Å². The van der Waals surface area contributed by atoms with E-state index in [1.54, 1.807) is 6.26 Å². The molecule has 3 heteroatoms. The Hall–Kier alpha value is -0.830. The lowest BCUT2D eigenvalue weighted by atomic mass is 10.3. The first kappa shape index (κ1) is 13.2. The summed E-state index contributed by atoms with van der Waals surface area (Å²) >= 11 is 0. The van der Waals surface area contributed by atoms with E-state index in [4.69, 9.17) is 9.47 Å². The maximum atomic E-state index is 9.94. The van der Waals surface area contributed by atoms with Crippen LogP contribution in [-0.2, 0) is 14.3 Å². The number of rotatable bonds is 10. The molecule has 0 amide bonds. The molecular weight excluding hydrogens is 180 g/mol. The van der Waals surface area contributed by atoms with Crippen molar-refractivity contribution in [2.24, 2.45) is 0 Å².